The minimum Gasteiger partial charge on any atom is -0.461 e. The third-order valence-corrected chi connectivity index (χ3v) is 3.31. The van der Waals surface area contributed by atoms with Gasteiger partial charge in [0.05, 0.1) is 18.1 Å². The summed E-state index contributed by atoms with van der Waals surface area (Å²) >= 11 is 0. The van der Waals surface area contributed by atoms with E-state index in [0.29, 0.717) is 0 Å². The Morgan fingerprint density at radius 2 is 1.88 bits per heavy atom. The highest BCUT2D eigenvalue weighted by Crippen LogP contribution is 2.38. The first-order chi connectivity index (χ1) is 11.1. The molecule has 0 aliphatic rings. The van der Waals surface area contributed by atoms with Gasteiger partial charge in [0.1, 0.15) is 5.78 Å². The first-order valence-corrected chi connectivity index (χ1v) is 7.05. The predicted octanol–water partition coefficient (Wildman–Crippen LogP) is 2.98. The number of ketones is 1. The van der Waals surface area contributed by atoms with Crippen molar-refractivity contribution < 1.29 is 32.4 Å². The summed E-state index contributed by atoms with van der Waals surface area (Å²) < 4.78 is 44.2. The Morgan fingerprint density at radius 3 is 2.33 bits per heavy atom. The van der Waals surface area contributed by atoms with Crippen molar-refractivity contribution in [2.45, 2.75) is 38.4 Å². The van der Waals surface area contributed by atoms with Gasteiger partial charge in [0.2, 0.25) is 0 Å². The van der Waals surface area contributed by atoms with E-state index in [1.54, 1.807) is 0 Å². The molecule has 0 N–H and O–H groups in total. The number of alkyl halides is 3. The number of nitrogens with zero attached hydrogens (tertiary/aromatic N) is 1. The molecule has 0 bridgehead atoms. The number of carbonyl (C=O) groups excluding carboxylic acids is 2. The van der Waals surface area contributed by atoms with Crippen LogP contribution in [-0.4, -0.2) is 29.3 Å². The van der Waals surface area contributed by atoms with Crippen molar-refractivity contribution in [1.29, 1.82) is 0 Å². The zero-order valence-electron chi connectivity index (χ0n) is 13.0. The maximum absolute atomic E-state index is 13.2. The van der Waals surface area contributed by atoms with Gasteiger partial charge in [0.15, 0.2) is 0 Å². The Hall–Kier alpha value is -2.45. The summed E-state index contributed by atoms with van der Waals surface area (Å²) in [5.41, 5.74) is -1.60. The molecule has 0 radical (unpaired) electrons. The minimum absolute atomic E-state index is 0.170. The summed E-state index contributed by atoms with van der Waals surface area (Å²) in [6.07, 6.45) is -5.36. The van der Waals surface area contributed by atoms with Crippen LogP contribution in [0.4, 0.5) is 13.2 Å². The van der Waals surface area contributed by atoms with Crippen molar-refractivity contribution in [2.24, 2.45) is 0 Å². The Labute approximate surface area is 135 Å². The molecular formula is C15H16F3NO5. The van der Waals surface area contributed by atoms with E-state index in [2.05, 4.69) is 4.74 Å². The fraction of sp³-hybridized carbons (Fsp3) is 0.467. The van der Waals surface area contributed by atoms with Crippen LogP contribution in [0.1, 0.15) is 37.3 Å². The van der Waals surface area contributed by atoms with E-state index in [-0.39, 0.29) is 6.61 Å². The van der Waals surface area contributed by atoms with Gasteiger partial charge in [-0.25, -0.2) is 4.79 Å². The SMILES string of the molecule is CCOC(=O)[C@@H]([C@H](CC(C)=O)c1ccccc1C(F)(F)F)[N+](=O)[O-]. The lowest BCUT2D eigenvalue weighted by atomic mass is 9.84. The molecule has 24 heavy (non-hydrogen) atoms. The predicted molar refractivity (Wildman–Crippen MR) is 76.9 cm³/mol. The average Bonchev–Trinajstić information content (AvgIpc) is 2.45. The third-order valence-electron chi connectivity index (χ3n) is 3.31. The van der Waals surface area contributed by atoms with Crippen LogP contribution in [0.2, 0.25) is 0 Å². The van der Waals surface area contributed by atoms with Crippen LogP contribution < -0.4 is 0 Å². The highest BCUT2D eigenvalue weighted by atomic mass is 19.4. The van der Waals surface area contributed by atoms with Crippen molar-refractivity contribution in [1.82, 2.24) is 0 Å². The van der Waals surface area contributed by atoms with E-state index in [1.165, 1.54) is 13.0 Å². The summed E-state index contributed by atoms with van der Waals surface area (Å²) in [6.45, 7) is 2.33. The van der Waals surface area contributed by atoms with Gasteiger partial charge in [0, 0.05) is 11.3 Å². The molecule has 9 heteroatoms. The molecule has 0 fully saturated rings. The lowest BCUT2D eigenvalue weighted by Crippen LogP contribution is -2.38. The maximum atomic E-state index is 13.2. The number of Topliss-reactive ketones (excluding diaryl/α,β-unsaturated/α-hetero) is 1. The molecule has 1 aromatic rings. The van der Waals surface area contributed by atoms with Gasteiger partial charge in [-0.15, -0.1) is 0 Å². The second-order valence-corrected chi connectivity index (χ2v) is 5.08. The maximum Gasteiger partial charge on any atom is 0.416 e. The van der Waals surface area contributed by atoms with Crippen molar-refractivity contribution in [3.8, 4) is 0 Å². The number of nitro groups is 1. The third kappa shape index (κ3) is 4.77. The number of hydrogen-bond donors (Lipinski definition) is 0. The fourth-order valence-corrected chi connectivity index (χ4v) is 2.40. The van der Waals surface area contributed by atoms with E-state index < -0.39 is 52.4 Å². The Bertz CT molecular complexity index is 630. The van der Waals surface area contributed by atoms with Crippen LogP contribution >= 0.6 is 0 Å². The highest BCUT2D eigenvalue weighted by molar-refractivity contribution is 5.80. The largest absolute Gasteiger partial charge is 0.461 e. The molecule has 132 valence electrons. The summed E-state index contributed by atoms with van der Waals surface area (Å²) in [5.74, 6) is -3.42. The zero-order chi connectivity index (χ0) is 18.5. The average molecular weight is 347 g/mol. The van der Waals surface area contributed by atoms with Crippen LogP contribution in [0, 0.1) is 10.1 Å². The lowest BCUT2D eigenvalue weighted by molar-refractivity contribution is -0.514. The second-order valence-electron chi connectivity index (χ2n) is 5.08. The number of benzene rings is 1. The van der Waals surface area contributed by atoms with Crippen molar-refractivity contribution in [2.75, 3.05) is 6.61 Å². The van der Waals surface area contributed by atoms with Crippen molar-refractivity contribution in [3.63, 3.8) is 0 Å². The van der Waals surface area contributed by atoms with Gasteiger partial charge < -0.3 is 9.53 Å². The number of esters is 1. The second kappa shape index (κ2) is 7.89. The van der Waals surface area contributed by atoms with E-state index >= 15 is 0 Å². The van der Waals surface area contributed by atoms with E-state index in [9.17, 15) is 32.9 Å². The van der Waals surface area contributed by atoms with Crippen LogP contribution in [-0.2, 0) is 20.5 Å². The number of hydrogen-bond acceptors (Lipinski definition) is 5. The van der Waals surface area contributed by atoms with E-state index in [4.69, 9.17) is 0 Å². The van der Waals surface area contributed by atoms with Gasteiger partial charge in [-0.2, -0.15) is 13.2 Å². The summed E-state index contributed by atoms with van der Waals surface area (Å²) in [5, 5.41) is 11.3. The topological polar surface area (TPSA) is 86.5 Å². The van der Waals surface area contributed by atoms with Crippen molar-refractivity contribution >= 4 is 11.8 Å². The molecule has 0 heterocycles. The highest BCUT2D eigenvalue weighted by Gasteiger charge is 2.45. The Kier molecular flexibility index (Phi) is 6.44. The van der Waals surface area contributed by atoms with Crippen LogP contribution in [0.5, 0.6) is 0 Å². The van der Waals surface area contributed by atoms with Gasteiger partial charge in [-0.05, 0) is 25.5 Å². The molecule has 1 rings (SSSR count). The number of halogens is 3. The molecule has 6 nitrogen and oxygen atoms in total. The first-order valence-electron chi connectivity index (χ1n) is 7.05. The smallest absolute Gasteiger partial charge is 0.416 e. The lowest BCUT2D eigenvalue weighted by Gasteiger charge is -2.22. The standard InChI is InChI=1S/C15H16F3NO5/c1-3-24-14(21)13(19(22)23)11(8-9(2)20)10-6-4-5-7-12(10)15(16,17)18/h4-7,11,13H,3,8H2,1-2H3/t11-,13-/m1/s1. The van der Waals surface area contributed by atoms with Crippen LogP contribution in [0.3, 0.4) is 0 Å². The quantitative estimate of drug-likeness (QED) is 0.430. The molecule has 0 amide bonds. The molecule has 0 saturated carbocycles. The van der Waals surface area contributed by atoms with Gasteiger partial charge >= 0.3 is 18.2 Å². The summed E-state index contributed by atoms with van der Waals surface area (Å²) in [7, 11) is 0. The minimum atomic E-state index is -4.78. The molecule has 0 saturated heterocycles. The van der Waals surface area contributed by atoms with Crippen molar-refractivity contribution in [3.05, 3.63) is 45.5 Å². The molecule has 0 unspecified atom stereocenters. The molecule has 0 spiro atoms. The summed E-state index contributed by atoms with van der Waals surface area (Å²) in [6, 6.07) is 2.08. The van der Waals surface area contributed by atoms with Crippen LogP contribution in [0.15, 0.2) is 24.3 Å². The summed E-state index contributed by atoms with van der Waals surface area (Å²) in [4.78, 5) is 33.6. The number of ether oxygens (including phenoxy) is 1. The number of rotatable bonds is 7. The van der Waals surface area contributed by atoms with Gasteiger partial charge in [0.25, 0.3) is 0 Å². The molecular weight excluding hydrogens is 331 g/mol. The van der Waals surface area contributed by atoms with E-state index in [1.807, 2.05) is 0 Å². The van der Waals surface area contributed by atoms with Gasteiger partial charge in [-0.1, -0.05) is 18.2 Å². The first kappa shape index (κ1) is 19.6. The molecule has 0 aliphatic carbocycles. The molecule has 0 aliphatic heterocycles. The monoisotopic (exact) mass is 347 g/mol. The van der Waals surface area contributed by atoms with Gasteiger partial charge in [-0.3, -0.25) is 10.1 Å². The number of carbonyl (C=O) groups is 2. The fourth-order valence-electron chi connectivity index (χ4n) is 2.40. The molecule has 1 aromatic carbocycles. The van der Waals surface area contributed by atoms with Crippen LogP contribution in [0.25, 0.3) is 0 Å². The zero-order valence-corrected chi connectivity index (χ0v) is 13.0. The normalized spacial score (nSPS) is 13.9. The molecule has 0 aromatic heterocycles. The Balaban J connectivity index is 3.49. The van der Waals surface area contributed by atoms with E-state index in [0.717, 1.165) is 25.1 Å². The molecule has 2 atom stereocenters. The Morgan fingerprint density at radius 1 is 1.29 bits per heavy atom.